The Morgan fingerprint density at radius 2 is 1.32 bits per heavy atom. The Labute approximate surface area is 183 Å². The molecule has 0 saturated carbocycles. The maximum Gasteiger partial charge on any atom is 0.326 e. The van der Waals surface area contributed by atoms with E-state index in [9.17, 15) is 28.8 Å². The number of thiol groups is 1. The second kappa shape index (κ2) is 13.4. The average Bonchev–Trinajstić information content (AvgIpc) is 2.68. The third-order valence-electron chi connectivity index (χ3n) is 4.33. The lowest BCUT2D eigenvalue weighted by atomic mass is 9.97. The van der Waals surface area contributed by atoms with Crippen molar-refractivity contribution in [2.24, 2.45) is 11.7 Å². The molecule has 0 heterocycles. The largest absolute Gasteiger partial charge is 0.481 e. The maximum atomic E-state index is 12.6. The van der Waals surface area contributed by atoms with Crippen LogP contribution in [0.15, 0.2) is 0 Å². The Kier molecular flexibility index (Phi) is 12.2. The minimum Gasteiger partial charge on any atom is -0.481 e. The number of hydrogen-bond acceptors (Lipinski definition) is 8. The molecule has 0 saturated heterocycles. The van der Waals surface area contributed by atoms with E-state index in [-0.39, 0.29) is 5.75 Å². The summed E-state index contributed by atoms with van der Waals surface area (Å²) in [6, 6.07) is -5.73. The van der Waals surface area contributed by atoms with Crippen LogP contribution in [0.4, 0.5) is 0 Å². The van der Waals surface area contributed by atoms with Crippen molar-refractivity contribution in [1.82, 2.24) is 16.0 Å². The molecule has 0 aliphatic carbocycles. The zero-order valence-corrected chi connectivity index (χ0v) is 17.9. The van der Waals surface area contributed by atoms with Gasteiger partial charge in [-0.3, -0.25) is 24.0 Å². The number of carboxylic acids is 3. The number of amides is 3. The van der Waals surface area contributed by atoms with Crippen LogP contribution in [-0.4, -0.2) is 80.9 Å². The lowest BCUT2D eigenvalue weighted by Gasteiger charge is -2.27. The van der Waals surface area contributed by atoms with Crippen LogP contribution in [0.2, 0.25) is 0 Å². The number of nitrogens with one attached hydrogen (secondary N) is 3. The Morgan fingerprint density at radius 3 is 1.74 bits per heavy atom. The van der Waals surface area contributed by atoms with Gasteiger partial charge >= 0.3 is 17.9 Å². The van der Waals surface area contributed by atoms with Crippen molar-refractivity contribution in [3.63, 3.8) is 0 Å². The van der Waals surface area contributed by atoms with Crippen LogP contribution in [0.5, 0.6) is 0 Å². The molecule has 13 nitrogen and oxygen atoms in total. The Hall–Kier alpha value is -2.87. The summed E-state index contributed by atoms with van der Waals surface area (Å²) in [5, 5.41) is 33.4. The molecular formula is C17H28N4O9S. The molecule has 0 bridgehead atoms. The van der Waals surface area contributed by atoms with Crippen molar-refractivity contribution in [2.45, 2.75) is 57.3 Å². The van der Waals surface area contributed by atoms with Crippen molar-refractivity contribution in [1.29, 1.82) is 0 Å². The molecule has 0 aliphatic rings. The van der Waals surface area contributed by atoms with Crippen LogP contribution in [0, 0.1) is 5.92 Å². The van der Waals surface area contributed by atoms with Crippen LogP contribution in [0.25, 0.3) is 0 Å². The molecular weight excluding hydrogens is 436 g/mol. The summed E-state index contributed by atoms with van der Waals surface area (Å²) < 4.78 is 0. The number of rotatable bonds is 14. The van der Waals surface area contributed by atoms with Gasteiger partial charge in [0.05, 0.1) is 18.9 Å². The van der Waals surface area contributed by atoms with Crippen LogP contribution in [0.3, 0.4) is 0 Å². The van der Waals surface area contributed by atoms with E-state index in [1.807, 2.05) is 5.32 Å². The fourth-order valence-electron chi connectivity index (χ4n) is 2.34. The second-order valence-electron chi connectivity index (χ2n) is 6.82. The van der Waals surface area contributed by atoms with E-state index < -0.39 is 78.6 Å². The van der Waals surface area contributed by atoms with Gasteiger partial charge in [-0.2, -0.15) is 12.6 Å². The van der Waals surface area contributed by atoms with Crippen molar-refractivity contribution in [2.75, 3.05) is 5.75 Å². The molecule has 0 radical (unpaired) electrons. The van der Waals surface area contributed by atoms with Gasteiger partial charge in [-0.15, -0.1) is 0 Å². The molecule has 8 N–H and O–H groups in total. The molecule has 0 rings (SSSR count). The van der Waals surface area contributed by atoms with E-state index in [1.165, 1.54) is 0 Å². The quantitative estimate of drug-likeness (QED) is 0.129. The van der Waals surface area contributed by atoms with E-state index in [1.54, 1.807) is 13.8 Å². The van der Waals surface area contributed by atoms with Crippen molar-refractivity contribution in [3.8, 4) is 0 Å². The van der Waals surface area contributed by atoms with Crippen molar-refractivity contribution in [3.05, 3.63) is 0 Å². The topological polar surface area (TPSA) is 225 Å². The zero-order chi connectivity index (χ0) is 24.3. The molecule has 5 atom stereocenters. The summed E-state index contributed by atoms with van der Waals surface area (Å²) in [5.41, 5.74) is 5.50. The van der Waals surface area contributed by atoms with Gasteiger partial charge in [-0.05, 0) is 5.92 Å². The number of hydrogen-bond donors (Lipinski definition) is 8. The van der Waals surface area contributed by atoms with Gasteiger partial charge in [0, 0.05) is 5.75 Å². The molecule has 5 unspecified atom stereocenters. The minimum atomic E-state index is -1.74. The highest BCUT2D eigenvalue weighted by atomic mass is 32.1. The first kappa shape index (κ1) is 28.1. The second-order valence-corrected chi connectivity index (χ2v) is 7.18. The van der Waals surface area contributed by atoms with Gasteiger partial charge in [-0.25, -0.2) is 4.79 Å². The smallest absolute Gasteiger partial charge is 0.326 e. The molecule has 14 heteroatoms. The monoisotopic (exact) mass is 464 g/mol. The van der Waals surface area contributed by atoms with Gasteiger partial charge in [0.15, 0.2) is 0 Å². The summed E-state index contributed by atoms with van der Waals surface area (Å²) in [7, 11) is 0. The Bertz CT molecular complexity index is 703. The van der Waals surface area contributed by atoms with Crippen LogP contribution < -0.4 is 21.7 Å². The van der Waals surface area contributed by atoms with Gasteiger partial charge in [0.25, 0.3) is 0 Å². The highest BCUT2D eigenvalue weighted by molar-refractivity contribution is 7.80. The predicted molar refractivity (Wildman–Crippen MR) is 109 cm³/mol. The molecule has 0 aliphatic heterocycles. The van der Waals surface area contributed by atoms with Crippen LogP contribution >= 0.6 is 12.6 Å². The first-order chi connectivity index (χ1) is 14.3. The molecule has 0 fully saturated rings. The van der Waals surface area contributed by atoms with E-state index >= 15 is 0 Å². The third-order valence-corrected chi connectivity index (χ3v) is 4.73. The van der Waals surface area contributed by atoms with Crippen molar-refractivity contribution >= 4 is 48.3 Å². The summed E-state index contributed by atoms with van der Waals surface area (Å²) in [6.07, 6.45) is -1.33. The maximum absolute atomic E-state index is 12.6. The van der Waals surface area contributed by atoms with Crippen LogP contribution in [0.1, 0.15) is 33.1 Å². The zero-order valence-electron chi connectivity index (χ0n) is 17.0. The van der Waals surface area contributed by atoms with Crippen molar-refractivity contribution < 1.29 is 44.1 Å². The first-order valence-corrected chi connectivity index (χ1v) is 9.91. The Morgan fingerprint density at radius 1 is 0.839 bits per heavy atom. The van der Waals surface area contributed by atoms with E-state index in [0.717, 1.165) is 0 Å². The fraction of sp³-hybridized carbons (Fsp3) is 0.647. The van der Waals surface area contributed by atoms with Gasteiger partial charge in [-0.1, -0.05) is 20.3 Å². The predicted octanol–water partition coefficient (Wildman–Crippen LogP) is -2.22. The van der Waals surface area contributed by atoms with E-state index in [2.05, 4.69) is 23.3 Å². The Balaban J connectivity index is 5.56. The summed E-state index contributed by atoms with van der Waals surface area (Å²) >= 11 is 3.85. The van der Waals surface area contributed by atoms with Gasteiger partial charge in [0.1, 0.15) is 18.1 Å². The first-order valence-electron chi connectivity index (χ1n) is 9.27. The summed E-state index contributed by atoms with van der Waals surface area (Å²) in [4.78, 5) is 70.2. The molecule has 0 aromatic rings. The third kappa shape index (κ3) is 10.1. The fourth-order valence-corrected chi connectivity index (χ4v) is 2.50. The highest BCUT2D eigenvalue weighted by Gasteiger charge is 2.34. The summed E-state index contributed by atoms with van der Waals surface area (Å²) in [5.74, 6) is -7.85. The normalized spacial score (nSPS) is 15.5. The highest BCUT2D eigenvalue weighted by Crippen LogP contribution is 2.10. The number of aliphatic carboxylic acids is 3. The van der Waals surface area contributed by atoms with E-state index in [4.69, 9.17) is 21.1 Å². The molecule has 31 heavy (non-hydrogen) atoms. The minimum absolute atomic E-state index is 0.0642. The van der Waals surface area contributed by atoms with Crippen LogP contribution in [-0.2, 0) is 28.8 Å². The van der Waals surface area contributed by atoms with Gasteiger partial charge < -0.3 is 37.0 Å². The molecule has 0 spiro atoms. The number of carbonyl (C=O) groups excluding carboxylic acids is 3. The lowest BCUT2D eigenvalue weighted by molar-refractivity contribution is -0.147. The van der Waals surface area contributed by atoms with Gasteiger partial charge in [0.2, 0.25) is 17.7 Å². The molecule has 3 amide bonds. The number of nitrogens with two attached hydrogens (primary N) is 1. The SMILES string of the molecule is CCC(C)C(NC(=O)C(CC(=O)O)NC(=O)C(N)CS)C(=O)NC(CC(=O)O)C(=O)O. The number of carbonyl (C=O) groups is 6. The summed E-state index contributed by atoms with van der Waals surface area (Å²) in [6.45, 7) is 3.25. The molecule has 176 valence electrons. The molecule has 0 aromatic carbocycles. The molecule has 0 aromatic heterocycles. The lowest BCUT2D eigenvalue weighted by Crippen LogP contribution is -2.59. The average molecular weight is 464 g/mol. The standard InChI is InChI=1S/C17H28N4O9S/c1-3-7(2)13(16(28)20-10(17(29)30)5-12(24)25)21-15(27)9(4-11(22)23)19-14(26)8(18)6-31/h7-10,13,31H,3-6,18H2,1-2H3,(H,19,26)(H,20,28)(H,21,27)(H,22,23)(H,24,25)(H,29,30). The van der Waals surface area contributed by atoms with E-state index in [0.29, 0.717) is 6.42 Å². The number of carboxylic acid groups (broad SMARTS) is 3.